The Morgan fingerprint density at radius 2 is 1.76 bits per heavy atom. The minimum atomic E-state index is 0.0584. The fourth-order valence-electron chi connectivity index (χ4n) is 4.86. The first-order valence-electron chi connectivity index (χ1n) is 13.0. The Bertz CT molecular complexity index is 920. The van der Waals surface area contributed by atoms with Crippen molar-refractivity contribution >= 4 is 23.4 Å². The molecule has 6 heteroatoms. The average Bonchev–Trinajstić information content (AvgIpc) is 3.29. The van der Waals surface area contributed by atoms with E-state index in [9.17, 15) is 9.59 Å². The quantitative estimate of drug-likeness (QED) is 0.332. The molecule has 1 aromatic carbocycles. The Kier molecular flexibility index (Phi) is 10.5. The highest BCUT2D eigenvalue weighted by atomic mass is 35.5. The molecular weight excluding hydrogens is 446 g/mol. The number of carbonyl (C=O) groups is 2. The highest BCUT2D eigenvalue weighted by Crippen LogP contribution is 2.25. The standard InChI is InChI=1S/C28H40ClN3O2/c1-3-5-7-18-27(33)30(4-2)22-28(34)32(24-14-8-6-9-15-24)21-25-16-12-19-31(25)20-23-13-10-11-17-26(23)29/h10-13,16-17,19,24H,3-9,14-15,18,20-22H2,1-2H3. The minimum absolute atomic E-state index is 0.0584. The highest BCUT2D eigenvalue weighted by molar-refractivity contribution is 6.31. The van der Waals surface area contributed by atoms with Gasteiger partial charge in [0.05, 0.1) is 13.1 Å². The van der Waals surface area contributed by atoms with Crippen molar-refractivity contribution in [2.75, 3.05) is 13.1 Å². The van der Waals surface area contributed by atoms with Crippen molar-refractivity contribution in [3.8, 4) is 0 Å². The number of rotatable bonds is 12. The minimum Gasteiger partial charge on any atom is -0.345 e. The van der Waals surface area contributed by atoms with Gasteiger partial charge in [-0.3, -0.25) is 9.59 Å². The molecule has 0 saturated heterocycles. The van der Waals surface area contributed by atoms with Crippen LogP contribution in [0.5, 0.6) is 0 Å². The van der Waals surface area contributed by atoms with Crippen LogP contribution in [0.1, 0.15) is 82.9 Å². The lowest BCUT2D eigenvalue weighted by Crippen LogP contribution is -2.47. The molecule has 1 fully saturated rings. The SMILES string of the molecule is CCCCCC(=O)N(CC)CC(=O)N(Cc1cccn1Cc1ccccc1Cl)C1CCCCC1. The summed E-state index contributed by atoms with van der Waals surface area (Å²) in [6.45, 7) is 6.06. The summed E-state index contributed by atoms with van der Waals surface area (Å²) in [5.74, 6) is 0.151. The summed E-state index contributed by atoms with van der Waals surface area (Å²) in [6.07, 6.45) is 11.2. The smallest absolute Gasteiger partial charge is 0.242 e. The third-order valence-electron chi connectivity index (χ3n) is 6.94. The molecule has 1 aliphatic carbocycles. The van der Waals surface area contributed by atoms with Crippen molar-refractivity contribution in [3.63, 3.8) is 0 Å². The van der Waals surface area contributed by atoms with E-state index in [1.54, 1.807) is 4.90 Å². The number of halogens is 1. The van der Waals surface area contributed by atoms with E-state index < -0.39 is 0 Å². The molecule has 1 heterocycles. The van der Waals surface area contributed by atoms with Crippen LogP contribution in [0, 0.1) is 0 Å². The molecule has 2 aromatic rings. The summed E-state index contributed by atoms with van der Waals surface area (Å²) in [7, 11) is 0. The van der Waals surface area contributed by atoms with Crippen LogP contribution in [0.15, 0.2) is 42.6 Å². The van der Waals surface area contributed by atoms with Gasteiger partial charge in [-0.15, -0.1) is 0 Å². The van der Waals surface area contributed by atoms with Gasteiger partial charge in [-0.1, -0.05) is 68.8 Å². The Labute approximate surface area is 210 Å². The van der Waals surface area contributed by atoms with E-state index in [0.29, 0.717) is 26.1 Å². The van der Waals surface area contributed by atoms with Gasteiger partial charge in [0.1, 0.15) is 0 Å². The molecule has 0 atom stereocenters. The maximum Gasteiger partial charge on any atom is 0.242 e. The first kappa shape index (κ1) is 26.3. The molecule has 1 saturated carbocycles. The first-order chi connectivity index (χ1) is 16.5. The summed E-state index contributed by atoms with van der Waals surface area (Å²) < 4.78 is 2.18. The second kappa shape index (κ2) is 13.6. The number of aromatic nitrogens is 1. The summed E-state index contributed by atoms with van der Waals surface area (Å²) in [5.41, 5.74) is 2.16. The van der Waals surface area contributed by atoms with Crippen LogP contribution in [0.3, 0.4) is 0 Å². The summed E-state index contributed by atoms with van der Waals surface area (Å²) >= 11 is 6.40. The average molecular weight is 486 g/mol. The topological polar surface area (TPSA) is 45.6 Å². The van der Waals surface area contributed by atoms with Crippen molar-refractivity contribution in [1.29, 1.82) is 0 Å². The Morgan fingerprint density at radius 3 is 2.47 bits per heavy atom. The molecule has 5 nitrogen and oxygen atoms in total. The molecule has 1 aromatic heterocycles. The van der Waals surface area contributed by atoms with Gasteiger partial charge in [-0.2, -0.15) is 0 Å². The van der Waals surface area contributed by atoms with Gasteiger partial charge >= 0.3 is 0 Å². The molecule has 0 aliphatic heterocycles. The Hall–Kier alpha value is -2.27. The number of carbonyl (C=O) groups excluding carboxylic acids is 2. The summed E-state index contributed by atoms with van der Waals surface area (Å²) in [5, 5.41) is 0.752. The van der Waals surface area contributed by atoms with Gasteiger partial charge in [0.25, 0.3) is 0 Å². The van der Waals surface area contributed by atoms with E-state index in [2.05, 4.69) is 23.8 Å². The van der Waals surface area contributed by atoms with E-state index in [1.807, 2.05) is 42.2 Å². The van der Waals surface area contributed by atoms with Crippen LogP contribution in [0.4, 0.5) is 0 Å². The lowest BCUT2D eigenvalue weighted by Gasteiger charge is -2.36. The number of benzene rings is 1. The maximum atomic E-state index is 13.6. The van der Waals surface area contributed by atoms with E-state index in [0.717, 1.165) is 61.2 Å². The van der Waals surface area contributed by atoms with Crippen LogP contribution < -0.4 is 0 Å². The summed E-state index contributed by atoms with van der Waals surface area (Å²) in [4.78, 5) is 30.1. The number of hydrogen-bond acceptors (Lipinski definition) is 2. The zero-order chi connectivity index (χ0) is 24.3. The number of unbranched alkanes of at least 4 members (excludes halogenated alkanes) is 2. The largest absolute Gasteiger partial charge is 0.345 e. The second-order valence-electron chi connectivity index (χ2n) is 9.40. The molecule has 1 aliphatic rings. The van der Waals surface area contributed by atoms with Crippen LogP contribution in [-0.4, -0.2) is 45.3 Å². The van der Waals surface area contributed by atoms with E-state index in [1.165, 1.54) is 6.42 Å². The van der Waals surface area contributed by atoms with Crippen LogP contribution in [-0.2, 0) is 22.7 Å². The summed E-state index contributed by atoms with van der Waals surface area (Å²) in [6, 6.07) is 12.2. The molecule has 3 rings (SSSR count). The van der Waals surface area contributed by atoms with Gasteiger partial charge < -0.3 is 14.4 Å². The number of amides is 2. The fourth-order valence-corrected chi connectivity index (χ4v) is 5.06. The fraction of sp³-hybridized carbons (Fsp3) is 0.571. The molecule has 0 unspecified atom stereocenters. The second-order valence-corrected chi connectivity index (χ2v) is 9.80. The van der Waals surface area contributed by atoms with Gasteiger partial charge in [0.2, 0.25) is 11.8 Å². The highest BCUT2D eigenvalue weighted by Gasteiger charge is 2.28. The molecule has 186 valence electrons. The first-order valence-corrected chi connectivity index (χ1v) is 13.4. The Morgan fingerprint density at radius 1 is 1.00 bits per heavy atom. The van der Waals surface area contributed by atoms with Crippen LogP contribution in [0.25, 0.3) is 0 Å². The molecule has 0 bridgehead atoms. The Balaban J connectivity index is 1.74. The number of likely N-dealkylation sites (N-methyl/N-ethyl adjacent to an activating group) is 1. The lowest BCUT2D eigenvalue weighted by molar-refractivity contribution is -0.142. The third kappa shape index (κ3) is 7.36. The lowest BCUT2D eigenvalue weighted by atomic mass is 9.94. The van der Waals surface area contributed by atoms with E-state index in [4.69, 9.17) is 11.6 Å². The maximum absolute atomic E-state index is 13.6. The van der Waals surface area contributed by atoms with E-state index in [-0.39, 0.29) is 24.4 Å². The molecule has 2 amide bonds. The zero-order valence-corrected chi connectivity index (χ0v) is 21.6. The van der Waals surface area contributed by atoms with Gasteiger partial charge in [0, 0.05) is 42.5 Å². The van der Waals surface area contributed by atoms with Gasteiger partial charge in [-0.05, 0) is 49.9 Å². The number of hydrogen-bond donors (Lipinski definition) is 0. The van der Waals surface area contributed by atoms with Gasteiger partial charge in [-0.25, -0.2) is 0 Å². The molecule has 34 heavy (non-hydrogen) atoms. The van der Waals surface area contributed by atoms with Crippen molar-refractivity contribution in [2.24, 2.45) is 0 Å². The normalized spacial score (nSPS) is 14.2. The third-order valence-corrected chi connectivity index (χ3v) is 7.31. The van der Waals surface area contributed by atoms with Crippen molar-refractivity contribution < 1.29 is 9.59 Å². The van der Waals surface area contributed by atoms with Crippen molar-refractivity contribution in [2.45, 2.75) is 90.8 Å². The molecule has 0 N–H and O–H groups in total. The predicted molar refractivity (Wildman–Crippen MR) is 139 cm³/mol. The van der Waals surface area contributed by atoms with Crippen molar-refractivity contribution in [3.05, 3.63) is 58.9 Å². The molecular formula is C28H40ClN3O2. The van der Waals surface area contributed by atoms with Crippen LogP contribution >= 0.6 is 11.6 Å². The monoisotopic (exact) mass is 485 g/mol. The zero-order valence-electron chi connectivity index (χ0n) is 20.8. The molecule has 0 radical (unpaired) electrons. The number of nitrogens with zero attached hydrogens (tertiary/aromatic N) is 3. The van der Waals surface area contributed by atoms with E-state index >= 15 is 0 Å². The van der Waals surface area contributed by atoms with Crippen molar-refractivity contribution in [1.82, 2.24) is 14.4 Å². The predicted octanol–water partition coefficient (Wildman–Crippen LogP) is 6.28. The van der Waals surface area contributed by atoms with Crippen LogP contribution in [0.2, 0.25) is 5.02 Å². The van der Waals surface area contributed by atoms with Gasteiger partial charge in [0.15, 0.2) is 0 Å². The molecule has 0 spiro atoms.